The van der Waals surface area contributed by atoms with Gasteiger partial charge in [-0.1, -0.05) is 115 Å². The normalized spacial score (nSPS) is 15.4. The van der Waals surface area contributed by atoms with Crippen molar-refractivity contribution in [2.45, 2.75) is 38.5 Å². The average Bonchev–Trinajstić information content (AvgIpc) is 3.48. The number of nitrogens with zero attached hydrogens (tertiary/aromatic N) is 3. The first-order valence-corrected chi connectivity index (χ1v) is 18.0. The van der Waals surface area contributed by atoms with Gasteiger partial charge in [0.05, 0.1) is 16.9 Å². The topological polar surface area (TPSA) is 21.1 Å². The molecule has 0 atom stereocenters. The molecule has 50 heavy (non-hydrogen) atoms. The van der Waals surface area contributed by atoms with Crippen molar-refractivity contribution in [2.75, 3.05) is 4.90 Å². The van der Waals surface area contributed by atoms with Crippen molar-refractivity contribution in [1.29, 1.82) is 0 Å². The Morgan fingerprint density at radius 2 is 1.34 bits per heavy atom. The Morgan fingerprint density at radius 1 is 0.600 bits per heavy atom. The SMILES string of the molecule is C1=CC(c2cnc(N3C4=C(CCCC4)c4c(n(-c5ccccc5)c5ccccc45)-c4cc(-c5ccccc5)ccc43)c3ccccc23)=CCC1. The number of anilines is 2. The van der Waals surface area contributed by atoms with Gasteiger partial charge in [0.2, 0.25) is 0 Å². The highest BCUT2D eigenvalue weighted by Crippen LogP contribution is 2.54. The molecular weight excluding hydrogens is 607 g/mol. The number of para-hydroxylation sites is 2. The molecule has 1 aliphatic heterocycles. The van der Waals surface area contributed by atoms with E-state index in [1.165, 1.54) is 89.8 Å². The van der Waals surface area contributed by atoms with Gasteiger partial charge in [0.25, 0.3) is 0 Å². The van der Waals surface area contributed by atoms with Crippen molar-refractivity contribution in [3.63, 3.8) is 0 Å². The molecule has 2 aliphatic carbocycles. The van der Waals surface area contributed by atoms with Crippen molar-refractivity contribution in [3.05, 3.63) is 169 Å². The Kier molecular flexibility index (Phi) is 6.90. The second kappa shape index (κ2) is 11.9. The van der Waals surface area contributed by atoms with Crippen LogP contribution in [-0.2, 0) is 0 Å². The van der Waals surface area contributed by atoms with E-state index in [1.54, 1.807) is 0 Å². The van der Waals surface area contributed by atoms with Gasteiger partial charge in [0.15, 0.2) is 0 Å². The van der Waals surface area contributed by atoms with Crippen LogP contribution >= 0.6 is 0 Å². The number of pyridine rings is 1. The Hall–Kier alpha value is -5.93. The van der Waals surface area contributed by atoms with Gasteiger partial charge in [-0.3, -0.25) is 4.90 Å². The van der Waals surface area contributed by atoms with E-state index in [0.29, 0.717) is 0 Å². The second-order valence-corrected chi connectivity index (χ2v) is 13.7. The number of hydrogen-bond donors (Lipinski definition) is 0. The number of fused-ring (bicyclic) bond motifs is 7. The third kappa shape index (κ3) is 4.54. The molecule has 0 bridgehead atoms. The molecule has 3 heteroatoms. The molecule has 10 rings (SSSR count). The lowest BCUT2D eigenvalue weighted by Gasteiger charge is -2.32. The zero-order valence-corrected chi connectivity index (χ0v) is 28.0. The molecule has 7 aromatic rings. The largest absolute Gasteiger partial charge is 0.309 e. The van der Waals surface area contributed by atoms with E-state index in [1.807, 2.05) is 0 Å². The third-order valence-electron chi connectivity index (χ3n) is 10.8. The van der Waals surface area contributed by atoms with Crippen LogP contribution in [0.5, 0.6) is 0 Å². The second-order valence-electron chi connectivity index (χ2n) is 13.7. The maximum absolute atomic E-state index is 5.42. The van der Waals surface area contributed by atoms with Crippen molar-refractivity contribution in [1.82, 2.24) is 9.55 Å². The molecule has 0 fully saturated rings. The van der Waals surface area contributed by atoms with Crippen molar-refractivity contribution in [2.24, 2.45) is 0 Å². The van der Waals surface area contributed by atoms with Gasteiger partial charge >= 0.3 is 0 Å². The van der Waals surface area contributed by atoms with Crippen LogP contribution in [0.3, 0.4) is 0 Å². The number of rotatable bonds is 4. The van der Waals surface area contributed by atoms with Crippen molar-refractivity contribution < 1.29 is 0 Å². The van der Waals surface area contributed by atoms with Gasteiger partial charge in [-0.2, -0.15) is 0 Å². The molecule has 3 heterocycles. The Balaban J connectivity index is 1.33. The third-order valence-corrected chi connectivity index (χ3v) is 10.8. The molecule has 5 aromatic carbocycles. The number of allylic oxidation sites excluding steroid dienone is 6. The Bertz CT molecular complexity index is 2530. The van der Waals surface area contributed by atoms with Crippen molar-refractivity contribution >= 4 is 44.3 Å². The lowest BCUT2D eigenvalue weighted by Crippen LogP contribution is -2.21. The molecule has 0 saturated carbocycles. The summed E-state index contributed by atoms with van der Waals surface area (Å²) in [6, 6.07) is 46.7. The lowest BCUT2D eigenvalue weighted by atomic mass is 9.88. The molecule has 0 radical (unpaired) electrons. The van der Waals surface area contributed by atoms with Crippen LogP contribution in [0.25, 0.3) is 60.9 Å². The van der Waals surface area contributed by atoms with Crippen molar-refractivity contribution in [3.8, 4) is 28.1 Å². The van der Waals surface area contributed by atoms with E-state index >= 15 is 0 Å². The van der Waals surface area contributed by atoms with Crippen LogP contribution in [0.1, 0.15) is 49.7 Å². The van der Waals surface area contributed by atoms with Gasteiger partial charge in [-0.05, 0) is 96.5 Å². The number of benzene rings is 5. The van der Waals surface area contributed by atoms with E-state index in [2.05, 4.69) is 161 Å². The summed E-state index contributed by atoms with van der Waals surface area (Å²) < 4.78 is 2.51. The Morgan fingerprint density at radius 3 is 2.16 bits per heavy atom. The molecule has 0 saturated heterocycles. The summed E-state index contributed by atoms with van der Waals surface area (Å²) in [5.41, 5.74) is 15.2. The van der Waals surface area contributed by atoms with Gasteiger partial charge in [-0.15, -0.1) is 0 Å². The van der Waals surface area contributed by atoms with Crippen LogP contribution < -0.4 is 4.90 Å². The molecule has 3 nitrogen and oxygen atoms in total. The molecule has 0 spiro atoms. The maximum Gasteiger partial charge on any atom is 0.145 e. The molecule has 240 valence electrons. The average molecular weight is 644 g/mol. The molecular formula is C47H37N3. The Labute approximate surface area is 293 Å². The van der Waals surface area contributed by atoms with Gasteiger partial charge in [0, 0.05) is 45.0 Å². The fourth-order valence-electron chi connectivity index (χ4n) is 8.57. The van der Waals surface area contributed by atoms with Crippen LogP contribution in [0.15, 0.2) is 158 Å². The zero-order chi connectivity index (χ0) is 33.0. The predicted molar refractivity (Wildman–Crippen MR) is 210 cm³/mol. The maximum atomic E-state index is 5.42. The first-order chi connectivity index (χ1) is 24.8. The fraction of sp³-hybridized carbons (Fsp3) is 0.128. The van der Waals surface area contributed by atoms with E-state index in [-0.39, 0.29) is 0 Å². The predicted octanol–water partition coefficient (Wildman–Crippen LogP) is 12.7. The monoisotopic (exact) mass is 643 g/mol. The van der Waals surface area contributed by atoms with E-state index in [4.69, 9.17) is 4.98 Å². The summed E-state index contributed by atoms with van der Waals surface area (Å²) in [4.78, 5) is 7.96. The van der Waals surface area contributed by atoms with E-state index in [0.717, 1.165) is 37.9 Å². The first kappa shape index (κ1) is 29.0. The summed E-state index contributed by atoms with van der Waals surface area (Å²) in [6.45, 7) is 0. The zero-order valence-electron chi connectivity index (χ0n) is 28.0. The minimum Gasteiger partial charge on any atom is -0.309 e. The molecule has 0 amide bonds. The lowest BCUT2D eigenvalue weighted by molar-refractivity contribution is 0.704. The fourth-order valence-corrected chi connectivity index (χ4v) is 8.57. The highest BCUT2D eigenvalue weighted by Gasteiger charge is 2.35. The summed E-state index contributed by atoms with van der Waals surface area (Å²) >= 11 is 0. The summed E-state index contributed by atoms with van der Waals surface area (Å²) in [7, 11) is 0. The summed E-state index contributed by atoms with van der Waals surface area (Å²) in [5.74, 6) is 1.01. The van der Waals surface area contributed by atoms with Gasteiger partial charge in [0.1, 0.15) is 5.82 Å². The summed E-state index contributed by atoms with van der Waals surface area (Å²) in [5, 5.41) is 3.74. The van der Waals surface area contributed by atoms with E-state index in [9.17, 15) is 0 Å². The highest BCUT2D eigenvalue weighted by molar-refractivity contribution is 6.10. The molecule has 3 aliphatic rings. The minimum absolute atomic E-state index is 1.01. The van der Waals surface area contributed by atoms with Gasteiger partial charge < -0.3 is 4.57 Å². The van der Waals surface area contributed by atoms with Crippen LogP contribution in [-0.4, -0.2) is 9.55 Å². The standard InChI is InChI=1S/C47H37N3/c1-4-16-32(17-5-1)34-28-29-44-40(30-34)46-45(38-24-12-14-26-42(38)49(46)35-20-8-3-9-21-35)39-25-13-15-27-43(39)50(44)47-37-23-11-10-22-36(37)41(31-48-47)33-18-6-2-7-19-33/h1,3-6,8-12,14,16-24,26,28-31H,2,7,13,15,25,27H2. The number of hydrogen-bond acceptors (Lipinski definition) is 2. The first-order valence-electron chi connectivity index (χ1n) is 18.0. The molecule has 0 unspecified atom stereocenters. The molecule has 0 N–H and O–H groups in total. The number of aromatic nitrogens is 2. The van der Waals surface area contributed by atoms with Crippen LogP contribution in [0.2, 0.25) is 0 Å². The smallest absolute Gasteiger partial charge is 0.145 e. The quantitative estimate of drug-likeness (QED) is 0.190. The minimum atomic E-state index is 1.01. The van der Waals surface area contributed by atoms with Crippen LogP contribution in [0, 0.1) is 0 Å². The molecule has 2 aromatic heterocycles. The highest BCUT2D eigenvalue weighted by atomic mass is 15.2. The summed E-state index contributed by atoms with van der Waals surface area (Å²) in [6.07, 6.45) is 15.6. The van der Waals surface area contributed by atoms with E-state index < -0.39 is 0 Å². The van der Waals surface area contributed by atoms with Crippen LogP contribution in [0.4, 0.5) is 11.5 Å². The van der Waals surface area contributed by atoms with Gasteiger partial charge in [-0.25, -0.2) is 4.98 Å².